The summed E-state index contributed by atoms with van der Waals surface area (Å²) in [6.45, 7) is 8.23. The monoisotopic (exact) mass is 562 g/mol. The van der Waals surface area contributed by atoms with Crippen molar-refractivity contribution in [2.75, 3.05) is 31.1 Å². The largest absolute Gasteiger partial charge is 0.366 e. The third kappa shape index (κ3) is 6.59. The van der Waals surface area contributed by atoms with E-state index >= 15 is 0 Å². The Balaban J connectivity index is 1.56. The second kappa shape index (κ2) is 12.4. The zero-order valence-electron chi connectivity index (χ0n) is 21.6. The van der Waals surface area contributed by atoms with E-state index in [1.807, 2.05) is 61.2 Å². The Hall–Kier alpha value is -3.16. The van der Waals surface area contributed by atoms with Crippen LogP contribution in [0.25, 0.3) is 0 Å². The van der Waals surface area contributed by atoms with Crippen LogP contribution in [0.3, 0.4) is 0 Å². The first kappa shape index (κ1) is 26.9. The average molecular weight is 564 g/mol. The van der Waals surface area contributed by atoms with Crippen LogP contribution in [0.15, 0.2) is 77.3 Å². The highest BCUT2D eigenvalue weighted by molar-refractivity contribution is 9.10. The van der Waals surface area contributed by atoms with Gasteiger partial charge in [0.25, 0.3) is 5.91 Å². The van der Waals surface area contributed by atoms with Crippen molar-refractivity contribution in [1.82, 2.24) is 9.80 Å². The summed E-state index contributed by atoms with van der Waals surface area (Å²) in [6, 6.07) is 24.1. The first-order valence-corrected chi connectivity index (χ1v) is 13.7. The van der Waals surface area contributed by atoms with Crippen molar-refractivity contribution in [3.8, 4) is 0 Å². The fourth-order valence-electron chi connectivity index (χ4n) is 5.02. The minimum atomic E-state index is -0.439. The number of anilines is 2. The molecule has 7 heteroatoms. The summed E-state index contributed by atoms with van der Waals surface area (Å²) >= 11 is 3.51. The van der Waals surface area contributed by atoms with Gasteiger partial charge in [0.2, 0.25) is 5.91 Å². The molecule has 0 saturated carbocycles. The summed E-state index contributed by atoms with van der Waals surface area (Å²) in [5.41, 5.74) is 10.0. The van der Waals surface area contributed by atoms with Gasteiger partial charge in [-0.05, 0) is 86.8 Å². The second-order valence-corrected chi connectivity index (χ2v) is 10.4. The van der Waals surface area contributed by atoms with Gasteiger partial charge in [0.15, 0.2) is 0 Å². The van der Waals surface area contributed by atoms with Crippen LogP contribution in [0, 0.1) is 0 Å². The predicted molar refractivity (Wildman–Crippen MR) is 153 cm³/mol. The van der Waals surface area contributed by atoms with E-state index in [0.29, 0.717) is 24.2 Å². The average Bonchev–Trinajstić information content (AvgIpc) is 2.92. The highest BCUT2D eigenvalue weighted by Gasteiger charge is 2.27. The molecule has 0 unspecified atom stereocenters. The summed E-state index contributed by atoms with van der Waals surface area (Å²) in [4.78, 5) is 31.4. The van der Waals surface area contributed by atoms with E-state index in [4.69, 9.17) is 5.73 Å². The van der Waals surface area contributed by atoms with E-state index in [2.05, 4.69) is 50.0 Å². The molecule has 0 spiro atoms. The normalized spacial score (nSPS) is 14.4. The molecule has 1 heterocycles. The maximum absolute atomic E-state index is 12.8. The Kier molecular flexibility index (Phi) is 9.00. The van der Waals surface area contributed by atoms with Gasteiger partial charge in [0, 0.05) is 65.7 Å². The molecule has 1 aliphatic rings. The highest BCUT2D eigenvalue weighted by atomic mass is 79.9. The summed E-state index contributed by atoms with van der Waals surface area (Å²) in [5.74, 6) is -0.397. The van der Waals surface area contributed by atoms with Crippen molar-refractivity contribution in [2.45, 2.75) is 39.3 Å². The van der Waals surface area contributed by atoms with Crippen LogP contribution in [0.2, 0.25) is 0 Å². The van der Waals surface area contributed by atoms with Gasteiger partial charge in [-0.1, -0.05) is 34.1 Å². The van der Waals surface area contributed by atoms with Gasteiger partial charge >= 0.3 is 0 Å². The molecular formula is C30H35BrN4O2. The molecule has 2 N–H and O–H groups in total. The van der Waals surface area contributed by atoms with Crippen molar-refractivity contribution < 1.29 is 9.59 Å². The Morgan fingerprint density at radius 1 is 0.892 bits per heavy atom. The molecule has 0 aliphatic carbocycles. The molecule has 3 aromatic rings. The topological polar surface area (TPSA) is 69.9 Å². The van der Waals surface area contributed by atoms with Gasteiger partial charge in [-0.2, -0.15) is 0 Å². The lowest BCUT2D eigenvalue weighted by molar-refractivity contribution is 0.0772. The molecule has 4 rings (SSSR count). The molecule has 194 valence electrons. The zero-order chi connectivity index (χ0) is 26.4. The summed E-state index contributed by atoms with van der Waals surface area (Å²) in [5, 5.41) is 0. The van der Waals surface area contributed by atoms with E-state index in [1.165, 1.54) is 5.56 Å². The van der Waals surface area contributed by atoms with Gasteiger partial charge in [0.05, 0.1) is 0 Å². The number of likely N-dealkylation sites (tertiary alicyclic amines) is 1. The van der Waals surface area contributed by atoms with Gasteiger partial charge in [0.1, 0.15) is 0 Å². The standard InChI is InChI=1S/C30H35BrN4O2/c1-3-34(4-2)30(37)23-10-14-26(15-11-23)35(28-7-5-6-24(20-28)29(32)36)27-16-18-33(19-17-27)21-22-8-12-25(31)13-9-22/h5-15,20,27H,3-4,16-19,21H2,1-2H3,(H2,32,36). The van der Waals surface area contributed by atoms with E-state index in [0.717, 1.165) is 48.3 Å². The number of primary amides is 1. The number of hydrogen-bond donors (Lipinski definition) is 1. The summed E-state index contributed by atoms with van der Waals surface area (Å²) in [7, 11) is 0. The third-order valence-electron chi connectivity index (χ3n) is 7.09. The molecule has 0 aromatic heterocycles. The van der Waals surface area contributed by atoms with E-state index in [-0.39, 0.29) is 11.9 Å². The van der Waals surface area contributed by atoms with E-state index < -0.39 is 5.91 Å². The number of nitrogens with two attached hydrogens (primary N) is 1. The van der Waals surface area contributed by atoms with Gasteiger partial charge in [-0.3, -0.25) is 14.5 Å². The number of nitrogens with zero attached hydrogens (tertiary/aromatic N) is 3. The van der Waals surface area contributed by atoms with Crippen LogP contribution in [0.5, 0.6) is 0 Å². The minimum Gasteiger partial charge on any atom is -0.366 e. The third-order valence-corrected chi connectivity index (χ3v) is 7.62. The minimum absolute atomic E-state index is 0.0417. The quantitative estimate of drug-likeness (QED) is 0.356. The lowest BCUT2D eigenvalue weighted by Gasteiger charge is -2.40. The number of benzene rings is 3. The van der Waals surface area contributed by atoms with Crippen molar-refractivity contribution in [3.05, 3.63) is 94.0 Å². The zero-order valence-corrected chi connectivity index (χ0v) is 23.2. The maximum atomic E-state index is 12.8. The van der Waals surface area contributed by atoms with Crippen LogP contribution in [-0.4, -0.2) is 53.8 Å². The molecule has 1 saturated heterocycles. The summed E-state index contributed by atoms with van der Waals surface area (Å²) < 4.78 is 1.09. The fraction of sp³-hybridized carbons (Fsp3) is 0.333. The van der Waals surface area contributed by atoms with Crippen LogP contribution in [0.1, 0.15) is 53.0 Å². The molecule has 6 nitrogen and oxygen atoms in total. The Labute approximate surface area is 228 Å². The SMILES string of the molecule is CCN(CC)C(=O)c1ccc(N(c2cccc(C(N)=O)c2)C2CCN(Cc3ccc(Br)cc3)CC2)cc1. The van der Waals surface area contributed by atoms with Gasteiger partial charge < -0.3 is 15.5 Å². The maximum Gasteiger partial charge on any atom is 0.253 e. The van der Waals surface area contributed by atoms with Crippen LogP contribution < -0.4 is 10.6 Å². The first-order valence-electron chi connectivity index (χ1n) is 12.9. The number of hydrogen-bond acceptors (Lipinski definition) is 4. The number of piperidine rings is 1. The summed E-state index contributed by atoms with van der Waals surface area (Å²) in [6.07, 6.45) is 1.97. The van der Waals surface area contributed by atoms with Crippen molar-refractivity contribution in [3.63, 3.8) is 0 Å². The Bertz CT molecular complexity index is 1200. The molecule has 0 bridgehead atoms. The number of amides is 2. The lowest BCUT2D eigenvalue weighted by atomic mass is 9.99. The first-order chi connectivity index (χ1) is 17.9. The number of halogens is 1. The molecule has 0 radical (unpaired) electrons. The second-order valence-electron chi connectivity index (χ2n) is 9.44. The Morgan fingerprint density at radius 3 is 2.14 bits per heavy atom. The van der Waals surface area contributed by atoms with E-state index in [9.17, 15) is 9.59 Å². The van der Waals surface area contributed by atoms with Crippen LogP contribution in [0.4, 0.5) is 11.4 Å². The lowest BCUT2D eigenvalue weighted by Crippen LogP contribution is -2.43. The number of rotatable bonds is 9. The molecule has 3 aromatic carbocycles. The Morgan fingerprint density at radius 2 is 1.54 bits per heavy atom. The number of carbonyl (C=O) groups is 2. The molecule has 1 fully saturated rings. The van der Waals surface area contributed by atoms with E-state index in [1.54, 1.807) is 6.07 Å². The van der Waals surface area contributed by atoms with Crippen LogP contribution in [-0.2, 0) is 6.54 Å². The fourth-order valence-corrected chi connectivity index (χ4v) is 5.29. The molecular weight excluding hydrogens is 528 g/mol. The molecule has 0 atom stereocenters. The molecule has 37 heavy (non-hydrogen) atoms. The highest BCUT2D eigenvalue weighted by Crippen LogP contribution is 2.33. The smallest absolute Gasteiger partial charge is 0.253 e. The van der Waals surface area contributed by atoms with Crippen LogP contribution >= 0.6 is 15.9 Å². The van der Waals surface area contributed by atoms with Crippen molar-refractivity contribution in [2.24, 2.45) is 5.73 Å². The van der Waals surface area contributed by atoms with Crippen molar-refractivity contribution >= 4 is 39.1 Å². The van der Waals surface area contributed by atoms with Crippen molar-refractivity contribution in [1.29, 1.82) is 0 Å². The van der Waals surface area contributed by atoms with Gasteiger partial charge in [-0.15, -0.1) is 0 Å². The number of carbonyl (C=O) groups excluding carboxylic acids is 2. The van der Waals surface area contributed by atoms with Gasteiger partial charge in [-0.25, -0.2) is 0 Å². The molecule has 2 amide bonds. The molecule has 1 aliphatic heterocycles. The predicted octanol–water partition coefficient (Wildman–Crippen LogP) is 5.83.